The molecule has 0 amide bonds. The van der Waals surface area contributed by atoms with Crippen LogP contribution in [0.3, 0.4) is 0 Å². The summed E-state index contributed by atoms with van der Waals surface area (Å²) in [5.41, 5.74) is 10.8. The molecule has 0 saturated carbocycles. The van der Waals surface area contributed by atoms with Crippen LogP contribution in [0.4, 0.5) is 0 Å². The Balaban J connectivity index is 1.89. The van der Waals surface area contributed by atoms with Crippen molar-refractivity contribution in [3.8, 4) is 11.1 Å². The minimum atomic E-state index is -0.455. The van der Waals surface area contributed by atoms with Crippen LogP contribution >= 0.6 is 0 Å². The largest absolute Gasteiger partial charge is 0.289 e. The van der Waals surface area contributed by atoms with E-state index < -0.39 is 5.41 Å². The first-order valence-electron chi connectivity index (χ1n) is 10.1. The van der Waals surface area contributed by atoms with Gasteiger partial charge in [0.2, 0.25) is 0 Å². The summed E-state index contributed by atoms with van der Waals surface area (Å²) in [6.45, 7) is 4.22. The van der Waals surface area contributed by atoms with Gasteiger partial charge in [0, 0.05) is 11.1 Å². The summed E-state index contributed by atoms with van der Waals surface area (Å²) in [4.78, 5) is 13.5. The zero-order valence-corrected chi connectivity index (χ0v) is 16.5. The Morgan fingerprint density at radius 1 is 0.517 bits per heavy atom. The Labute approximate surface area is 170 Å². The molecular formula is C28H20O. The van der Waals surface area contributed by atoms with Gasteiger partial charge in [0.1, 0.15) is 0 Å². The molecule has 0 unspecified atom stereocenters. The predicted molar refractivity (Wildman–Crippen MR) is 117 cm³/mol. The second kappa shape index (κ2) is 5.55. The van der Waals surface area contributed by atoms with Crippen LogP contribution in [0.2, 0.25) is 0 Å². The molecule has 4 aromatic carbocycles. The molecule has 0 N–H and O–H groups in total. The van der Waals surface area contributed by atoms with Crippen molar-refractivity contribution in [3.63, 3.8) is 0 Å². The fourth-order valence-electron chi connectivity index (χ4n) is 5.44. The van der Waals surface area contributed by atoms with Crippen LogP contribution in [-0.4, -0.2) is 5.78 Å². The monoisotopic (exact) mass is 372 g/mol. The molecule has 138 valence electrons. The van der Waals surface area contributed by atoms with Gasteiger partial charge in [-0.05, 0) is 47.2 Å². The molecule has 6 rings (SSSR count). The van der Waals surface area contributed by atoms with Gasteiger partial charge in [-0.3, -0.25) is 4.79 Å². The van der Waals surface area contributed by atoms with Gasteiger partial charge in [0.15, 0.2) is 5.78 Å². The highest BCUT2D eigenvalue weighted by Crippen LogP contribution is 2.59. The number of fused-ring (bicyclic) bond motifs is 9. The van der Waals surface area contributed by atoms with Crippen molar-refractivity contribution in [3.05, 3.63) is 129 Å². The number of aryl methyl sites for hydroxylation is 2. The van der Waals surface area contributed by atoms with Gasteiger partial charge < -0.3 is 0 Å². The maximum atomic E-state index is 13.5. The van der Waals surface area contributed by atoms with Crippen molar-refractivity contribution < 1.29 is 4.79 Å². The maximum absolute atomic E-state index is 13.5. The lowest BCUT2D eigenvalue weighted by molar-refractivity contribution is 0.103. The topological polar surface area (TPSA) is 17.1 Å². The van der Waals surface area contributed by atoms with E-state index in [2.05, 4.69) is 86.6 Å². The number of carbonyl (C=O) groups excluding carboxylic acids is 1. The first kappa shape index (κ1) is 16.5. The van der Waals surface area contributed by atoms with Crippen LogP contribution in [0.1, 0.15) is 49.3 Å². The molecule has 1 heteroatoms. The molecule has 0 radical (unpaired) electrons. The fraction of sp³-hybridized carbons (Fsp3) is 0.107. The Morgan fingerprint density at radius 2 is 0.966 bits per heavy atom. The molecule has 4 aromatic rings. The summed E-state index contributed by atoms with van der Waals surface area (Å²) in [6, 6.07) is 29.9. The number of carbonyl (C=O) groups is 1. The van der Waals surface area contributed by atoms with Gasteiger partial charge >= 0.3 is 0 Å². The van der Waals surface area contributed by atoms with Crippen LogP contribution in [0.15, 0.2) is 84.9 Å². The molecule has 0 aromatic heterocycles. The maximum Gasteiger partial charge on any atom is 0.193 e. The van der Waals surface area contributed by atoms with Crippen LogP contribution in [0.5, 0.6) is 0 Å². The molecule has 2 aliphatic carbocycles. The summed E-state index contributed by atoms with van der Waals surface area (Å²) in [7, 11) is 0. The van der Waals surface area contributed by atoms with Crippen LogP contribution in [-0.2, 0) is 5.41 Å². The Kier molecular flexibility index (Phi) is 3.16. The van der Waals surface area contributed by atoms with Crippen molar-refractivity contribution in [2.24, 2.45) is 0 Å². The van der Waals surface area contributed by atoms with Gasteiger partial charge in [-0.15, -0.1) is 0 Å². The standard InChI is InChI=1S/C28H20O/c1-17-11-13-21-25(15-17)28(26-16-18(2)12-14-22(26)27(21)29)23-9-5-3-7-19(23)20-8-4-6-10-24(20)28/h3-16H,1-2H3. The summed E-state index contributed by atoms with van der Waals surface area (Å²) < 4.78 is 0. The van der Waals surface area contributed by atoms with E-state index in [0.29, 0.717) is 0 Å². The fourth-order valence-corrected chi connectivity index (χ4v) is 5.44. The SMILES string of the molecule is Cc1ccc2c(c1)C1(c3cc(C)ccc3C2=O)c2ccccc2-c2ccccc21. The molecule has 0 saturated heterocycles. The van der Waals surface area contributed by atoms with Crippen molar-refractivity contribution in [2.75, 3.05) is 0 Å². The molecular weight excluding hydrogens is 352 g/mol. The first-order chi connectivity index (χ1) is 14.1. The van der Waals surface area contributed by atoms with E-state index in [9.17, 15) is 4.79 Å². The van der Waals surface area contributed by atoms with Gasteiger partial charge in [0.25, 0.3) is 0 Å². The number of hydrogen-bond donors (Lipinski definition) is 0. The molecule has 1 spiro atoms. The van der Waals surface area contributed by atoms with Gasteiger partial charge in [-0.1, -0.05) is 96.1 Å². The van der Waals surface area contributed by atoms with Crippen LogP contribution < -0.4 is 0 Å². The lowest BCUT2D eigenvalue weighted by atomic mass is 9.61. The molecule has 0 atom stereocenters. The second-order valence-electron chi connectivity index (χ2n) is 8.27. The van der Waals surface area contributed by atoms with E-state index in [1.807, 2.05) is 12.1 Å². The Morgan fingerprint density at radius 3 is 1.45 bits per heavy atom. The molecule has 2 aliphatic rings. The zero-order chi connectivity index (χ0) is 19.8. The number of hydrogen-bond acceptors (Lipinski definition) is 1. The smallest absolute Gasteiger partial charge is 0.193 e. The Bertz CT molecular complexity index is 1240. The first-order valence-corrected chi connectivity index (χ1v) is 10.1. The zero-order valence-electron chi connectivity index (χ0n) is 16.5. The van der Waals surface area contributed by atoms with E-state index >= 15 is 0 Å². The highest BCUT2D eigenvalue weighted by molar-refractivity contribution is 6.15. The number of ketones is 1. The lowest BCUT2D eigenvalue weighted by Crippen LogP contribution is -2.36. The normalized spacial score (nSPS) is 14.9. The quantitative estimate of drug-likeness (QED) is 0.310. The predicted octanol–water partition coefficient (Wildman–Crippen LogP) is 6.21. The van der Waals surface area contributed by atoms with Crippen molar-refractivity contribution in [1.29, 1.82) is 0 Å². The summed E-state index contributed by atoms with van der Waals surface area (Å²) in [5, 5.41) is 0. The molecule has 0 aliphatic heterocycles. The van der Waals surface area contributed by atoms with E-state index in [0.717, 1.165) is 22.3 Å². The molecule has 0 heterocycles. The van der Waals surface area contributed by atoms with E-state index in [1.165, 1.54) is 33.4 Å². The third kappa shape index (κ3) is 1.92. The molecule has 1 nitrogen and oxygen atoms in total. The summed E-state index contributed by atoms with van der Waals surface area (Å²) in [5.74, 6) is 0.127. The number of benzene rings is 4. The van der Waals surface area contributed by atoms with E-state index in [1.54, 1.807) is 0 Å². The average molecular weight is 372 g/mol. The Hall–Kier alpha value is -3.45. The van der Waals surface area contributed by atoms with Crippen LogP contribution in [0.25, 0.3) is 11.1 Å². The lowest BCUT2D eigenvalue weighted by Gasteiger charge is -2.39. The minimum Gasteiger partial charge on any atom is -0.289 e. The van der Waals surface area contributed by atoms with Gasteiger partial charge in [0.05, 0.1) is 5.41 Å². The molecule has 0 fully saturated rings. The van der Waals surface area contributed by atoms with Crippen LogP contribution in [0, 0.1) is 13.8 Å². The molecule has 0 bridgehead atoms. The summed E-state index contributed by atoms with van der Waals surface area (Å²) in [6.07, 6.45) is 0. The number of rotatable bonds is 0. The highest BCUT2D eigenvalue weighted by Gasteiger charge is 2.51. The minimum absolute atomic E-state index is 0.127. The van der Waals surface area contributed by atoms with Crippen molar-refractivity contribution in [2.45, 2.75) is 19.3 Å². The van der Waals surface area contributed by atoms with Gasteiger partial charge in [-0.25, -0.2) is 0 Å². The van der Waals surface area contributed by atoms with Crippen molar-refractivity contribution in [1.82, 2.24) is 0 Å². The average Bonchev–Trinajstić information content (AvgIpc) is 3.04. The van der Waals surface area contributed by atoms with E-state index in [-0.39, 0.29) is 5.78 Å². The van der Waals surface area contributed by atoms with Gasteiger partial charge in [-0.2, -0.15) is 0 Å². The van der Waals surface area contributed by atoms with Crippen molar-refractivity contribution >= 4 is 5.78 Å². The third-order valence-electron chi connectivity index (χ3n) is 6.60. The second-order valence-corrected chi connectivity index (χ2v) is 8.27. The molecule has 29 heavy (non-hydrogen) atoms. The highest BCUT2D eigenvalue weighted by atomic mass is 16.1. The third-order valence-corrected chi connectivity index (χ3v) is 6.60. The van der Waals surface area contributed by atoms with E-state index in [4.69, 9.17) is 0 Å². The summed E-state index contributed by atoms with van der Waals surface area (Å²) >= 11 is 0.